The molecule has 0 spiro atoms. The number of anilines is 1. The predicted octanol–water partition coefficient (Wildman–Crippen LogP) is 3.61. The maximum Gasteiger partial charge on any atom is 0.243 e. The van der Waals surface area contributed by atoms with E-state index in [2.05, 4.69) is 20.5 Å². The fourth-order valence-electron chi connectivity index (χ4n) is 2.35. The molecule has 3 aromatic rings. The third-order valence-corrected chi connectivity index (χ3v) is 4.43. The fourth-order valence-corrected chi connectivity index (χ4v) is 3.15. The number of nitrogens with one attached hydrogen (secondary N) is 1. The van der Waals surface area contributed by atoms with Crippen LogP contribution in [0.1, 0.15) is 22.5 Å². The van der Waals surface area contributed by atoms with Crippen LogP contribution in [-0.2, 0) is 4.74 Å². The van der Waals surface area contributed by atoms with E-state index >= 15 is 0 Å². The summed E-state index contributed by atoms with van der Waals surface area (Å²) in [6, 6.07) is 6.01. The zero-order chi connectivity index (χ0) is 16.2. The van der Waals surface area contributed by atoms with Gasteiger partial charge in [-0.1, -0.05) is 6.07 Å². The topological polar surface area (TPSA) is 73.1 Å². The van der Waals surface area contributed by atoms with Crippen molar-refractivity contribution in [2.45, 2.75) is 20.0 Å². The highest BCUT2D eigenvalue weighted by atomic mass is 32.1. The first-order valence-electron chi connectivity index (χ1n) is 7.24. The maximum atomic E-state index is 5.55. The normalized spacial score (nSPS) is 12.3. The number of ether oxygens (including phenoxy) is 1. The molecule has 6 nitrogen and oxygen atoms in total. The van der Waals surface area contributed by atoms with Crippen molar-refractivity contribution < 1.29 is 9.15 Å². The molecule has 23 heavy (non-hydrogen) atoms. The van der Waals surface area contributed by atoms with Crippen molar-refractivity contribution in [3.63, 3.8) is 0 Å². The largest absolute Gasteiger partial charge is 0.466 e. The number of methoxy groups -OCH3 is 1. The van der Waals surface area contributed by atoms with Crippen LogP contribution in [0, 0.1) is 13.8 Å². The molecule has 0 radical (unpaired) electrons. The maximum absolute atomic E-state index is 5.55. The lowest BCUT2D eigenvalue weighted by Crippen LogP contribution is -2.15. The van der Waals surface area contributed by atoms with Gasteiger partial charge in [-0.15, -0.1) is 16.4 Å². The molecule has 0 saturated heterocycles. The SMILES string of the molecule is COC(CNc1nncc(-c2cc(C)oc2C)n1)c1cccs1. The van der Waals surface area contributed by atoms with Crippen LogP contribution >= 0.6 is 11.3 Å². The van der Waals surface area contributed by atoms with E-state index in [-0.39, 0.29) is 6.10 Å². The molecule has 1 unspecified atom stereocenters. The predicted molar refractivity (Wildman–Crippen MR) is 89.6 cm³/mol. The summed E-state index contributed by atoms with van der Waals surface area (Å²) in [6.07, 6.45) is 1.59. The number of thiophene rings is 1. The zero-order valence-electron chi connectivity index (χ0n) is 13.2. The quantitative estimate of drug-likeness (QED) is 0.744. The Morgan fingerprint density at radius 2 is 2.26 bits per heavy atom. The highest BCUT2D eigenvalue weighted by molar-refractivity contribution is 7.10. The van der Waals surface area contributed by atoms with Crippen LogP contribution in [0.15, 0.2) is 34.2 Å². The summed E-state index contributed by atoms with van der Waals surface area (Å²) in [5.41, 5.74) is 1.67. The van der Waals surface area contributed by atoms with Gasteiger partial charge >= 0.3 is 0 Å². The molecule has 120 valence electrons. The van der Waals surface area contributed by atoms with Crippen LogP contribution in [0.4, 0.5) is 5.95 Å². The second-order valence-electron chi connectivity index (χ2n) is 5.11. The van der Waals surface area contributed by atoms with Gasteiger partial charge in [0, 0.05) is 24.1 Å². The highest BCUT2D eigenvalue weighted by Gasteiger charge is 2.14. The van der Waals surface area contributed by atoms with Crippen molar-refractivity contribution in [1.29, 1.82) is 0 Å². The van der Waals surface area contributed by atoms with Crippen molar-refractivity contribution in [2.75, 3.05) is 19.0 Å². The Bertz CT molecular complexity index is 770. The molecular formula is C16H18N4O2S. The van der Waals surface area contributed by atoms with Crippen molar-refractivity contribution in [3.05, 3.63) is 46.2 Å². The van der Waals surface area contributed by atoms with Crippen molar-refractivity contribution in [2.24, 2.45) is 0 Å². The Kier molecular flexibility index (Phi) is 4.68. The second kappa shape index (κ2) is 6.89. The molecule has 0 aliphatic heterocycles. The van der Waals surface area contributed by atoms with Crippen LogP contribution in [-0.4, -0.2) is 28.8 Å². The van der Waals surface area contributed by atoms with Crippen LogP contribution in [0.25, 0.3) is 11.3 Å². The van der Waals surface area contributed by atoms with Gasteiger partial charge in [0.25, 0.3) is 0 Å². The van der Waals surface area contributed by atoms with E-state index in [9.17, 15) is 0 Å². The van der Waals surface area contributed by atoms with E-state index in [1.54, 1.807) is 24.6 Å². The number of hydrogen-bond acceptors (Lipinski definition) is 7. The number of rotatable bonds is 6. The van der Waals surface area contributed by atoms with Gasteiger partial charge in [-0.3, -0.25) is 0 Å². The lowest BCUT2D eigenvalue weighted by Gasteiger charge is -2.14. The minimum atomic E-state index is -0.0415. The summed E-state index contributed by atoms with van der Waals surface area (Å²) in [5.74, 6) is 2.14. The summed E-state index contributed by atoms with van der Waals surface area (Å²) in [4.78, 5) is 5.67. The standard InChI is InChI=1S/C16H18N4O2S/c1-10-7-12(11(2)22-10)13-8-18-20-16(19-13)17-9-14(21-3)15-5-4-6-23-15/h4-8,14H,9H2,1-3H3,(H,17,19,20). The van der Waals surface area contributed by atoms with Crippen LogP contribution in [0.5, 0.6) is 0 Å². The monoisotopic (exact) mass is 330 g/mol. The van der Waals surface area contributed by atoms with Crippen molar-refractivity contribution in [3.8, 4) is 11.3 Å². The van der Waals surface area contributed by atoms with E-state index < -0.39 is 0 Å². The summed E-state index contributed by atoms with van der Waals surface area (Å²) < 4.78 is 11.1. The van der Waals surface area contributed by atoms with E-state index in [0.717, 1.165) is 27.7 Å². The Balaban J connectivity index is 1.74. The molecule has 0 bridgehead atoms. The van der Waals surface area contributed by atoms with Crippen LogP contribution in [0.3, 0.4) is 0 Å². The average Bonchev–Trinajstić information content (AvgIpc) is 3.18. The smallest absolute Gasteiger partial charge is 0.243 e. The number of nitrogens with zero attached hydrogens (tertiary/aromatic N) is 3. The number of hydrogen-bond donors (Lipinski definition) is 1. The minimum absolute atomic E-state index is 0.0415. The molecule has 0 amide bonds. The summed E-state index contributed by atoms with van der Waals surface area (Å²) in [6.45, 7) is 4.40. The second-order valence-corrected chi connectivity index (χ2v) is 6.09. The Morgan fingerprint density at radius 3 is 2.91 bits per heavy atom. The summed E-state index contributed by atoms with van der Waals surface area (Å²) in [7, 11) is 1.69. The molecular weight excluding hydrogens is 312 g/mol. The van der Waals surface area contributed by atoms with Gasteiger partial charge in [0.05, 0.1) is 11.9 Å². The summed E-state index contributed by atoms with van der Waals surface area (Å²) in [5, 5.41) is 13.3. The lowest BCUT2D eigenvalue weighted by molar-refractivity contribution is 0.117. The minimum Gasteiger partial charge on any atom is -0.466 e. The molecule has 0 fully saturated rings. The molecule has 1 N–H and O–H groups in total. The van der Waals surface area contributed by atoms with Gasteiger partial charge in [0.2, 0.25) is 5.95 Å². The van der Waals surface area contributed by atoms with Gasteiger partial charge in [0.1, 0.15) is 17.6 Å². The van der Waals surface area contributed by atoms with E-state index in [1.165, 1.54) is 0 Å². The molecule has 7 heteroatoms. The van der Waals surface area contributed by atoms with E-state index in [0.29, 0.717) is 12.5 Å². The first-order chi connectivity index (χ1) is 11.2. The zero-order valence-corrected chi connectivity index (χ0v) is 14.1. The molecule has 3 rings (SSSR count). The van der Waals surface area contributed by atoms with Crippen LogP contribution < -0.4 is 5.32 Å². The molecule has 0 aromatic carbocycles. The molecule has 1 atom stereocenters. The Labute approximate surface area is 138 Å². The van der Waals surface area contributed by atoms with Crippen LogP contribution in [0.2, 0.25) is 0 Å². The van der Waals surface area contributed by atoms with Gasteiger partial charge in [-0.25, -0.2) is 4.98 Å². The third-order valence-electron chi connectivity index (χ3n) is 3.47. The first kappa shape index (κ1) is 15.6. The first-order valence-corrected chi connectivity index (χ1v) is 8.12. The van der Waals surface area contributed by atoms with Gasteiger partial charge in [-0.05, 0) is 31.4 Å². The van der Waals surface area contributed by atoms with E-state index in [4.69, 9.17) is 9.15 Å². The number of furan rings is 1. The van der Waals surface area contributed by atoms with Crippen molar-refractivity contribution in [1.82, 2.24) is 15.2 Å². The average molecular weight is 330 g/mol. The number of aryl methyl sites for hydroxylation is 2. The van der Waals surface area contributed by atoms with Gasteiger partial charge < -0.3 is 14.5 Å². The molecule has 3 aromatic heterocycles. The highest BCUT2D eigenvalue weighted by Crippen LogP contribution is 2.25. The van der Waals surface area contributed by atoms with Gasteiger partial charge in [0.15, 0.2) is 0 Å². The Morgan fingerprint density at radius 1 is 1.39 bits per heavy atom. The van der Waals surface area contributed by atoms with Gasteiger partial charge in [-0.2, -0.15) is 5.10 Å². The van der Waals surface area contributed by atoms with Crippen molar-refractivity contribution >= 4 is 17.3 Å². The molecule has 0 saturated carbocycles. The molecule has 0 aliphatic rings. The molecule has 0 aliphatic carbocycles. The lowest BCUT2D eigenvalue weighted by atomic mass is 10.2. The van der Waals surface area contributed by atoms with E-state index in [1.807, 2.05) is 37.4 Å². The third kappa shape index (κ3) is 3.57. The summed E-state index contributed by atoms with van der Waals surface area (Å²) >= 11 is 1.66. The fraction of sp³-hybridized carbons (Fsp3) is 0.312. The Hall–Kier alpha value is -2.25. The molecule has 3 heterocycles. The number of aromatic nitrogens is 3.